The molecule has 2 aromatic carbocycles. The molecule has 3 aromatic rings. The Bertz CT molecular complexity index is 1030. The van der Waals surface area contributed by atoms with Crippen LogP contribution in [-0.4, -0.2) is 30.0 Å². The Balaban J connectivity index is 1.42. The van der Waals surface area contributed by atoms with E-state index in [4.69, 9.17) is 25.8 Å². The highest BCUT2D eigenvalue weighted by atomic mass is 35.5. The molecule has 2 N–H and O–H groups in total. The third-order valence-corrected chi connectivity index (χ3v) is 4.25. The zero-order chi connectivity index (χ0) is 19.5. The van der Waals surface area contributed by atoms with Gasteiger partial charge in [0, 0.05) is 17.4 Å². The van der Waals surface area contributed by atoms with Gasteiger partial charge in [-0.2, -0.15) is 0 Å². The molecule has 0 spiro atoms. The number of carbonyl (C=O) groups is 1. The topological polar surface area (TPSA) is 94.6 Å². The van der Waals surface area contributed by atoms with Gasteiger partial charge in [-0.15, -0.1) is 10.2 Å². The summed E-state index contributed by atoms with van der Waals surface area (Å²) in [6, 6.07) is 13.6. The van der Waals surface area contributed by atoms with Gasteiger partial charge in [-0.3, -0.25) is 4.79 Å². The number of fused-ring (bicyclic) bond motifs is 1. The number of methoxy groups -OCH3 is 1. The van der Waals surface area contributed by atoms with Crippen molar-refractivity contribution in [1.29, 1.82) is 0 Å². The summed E-state index contributed by atoms with van der Waals surface area (Å²) in [7, 11) is 1.52. The van der Waals surface area contributed by atoms with E-state index in [-0.39, 0.29) is 12.5 Å². The monoisotopic (exact) mass is 398 g/mol. The number of ether oxygens (including phenoxy) is 3. The van der Waals surface area contributed by atoms with Crippen LogP contribution in [0.4, 0.5) is 17.2 Å². The van der Waals surface area contributed by atoms with Crippen LogP contribution < -0.4 is 24.8 Å². The van der Waals surface area contributed by atoms with E-state index < -0.39 is 5.91 Å². The second-order valence-electron chi connectivity index (χ2n) is 5.80. The first kappa shape index (κ1) is 17.9. The highest BCUT2D eigenvalue weighted by Gasteiger charge is 2.14. The SMILES string of the molecule is COc1ccc(NC(=O)c2ccc(Nc3ccc4c(c3)OCO4)nn2)cc1Cl. The van der Waals surface area contributed by atoms with Crippen molar-refractivity contribution in [2.24, 2.45) is 0 Å². The van der Waals surface area contributed by atoms with Gasteiger partial charge in [0.1, 0.15) is 5.75 Å². The average Bonchev–Trinajstić information content (AvgIpc) is 3.16. The number of nitrogens with zero attached hydrogens (tertiary/aromatic N) is 2. The lowest BCUT2D eigenvalue weighted by Crippen LogP contribution is -2.14. The van der Waals surface area contributed by atoms with Crippen LogP contribution in [0.3, 0.4) is 0 Å². The minimum atomic E-state index is -0.400. The normalized spacial score (nSPS) is 11.8. The molecule has 0 unspecified atom stereocenters. The summed E-state index contributed by atoms with van der Waals surface area (Å²) >= 11 is 6.06. The standard InChI is InChI=1S/C19H15ClN4O4/c1-26-15-5-2-11(8-13(15)20)22-19(25)14-4-7-18(24-23-14)21-12-3-6-16-17(9-12)28-10-27-16/h2-9H,10H2,1H3,(H,21,24)(H,22,25). The van der Waals surface area contributed by atoms with E-state index in [0.717, 1.165) is 5.69 Å². The number of anilines is 3. The van der Waals surface area contributed by atoms with Gasteiger partial charge in [-0.05, 0) is 42.5 Å². The maximum atomic E-state index is 12.3. The van der Waals surface area contributed by atoms with Gasteiger partial charge in [0.15, 0.2) is 23.0 Å². The van der Waals surface area contributed by atoms with Crippen molar-refractivity contribution in [3.8, 4) is 17.2 Å². The predicted octanol–water partition coefficient (Wildman–Crippen LogP) is 3.86. The Morgan fingerprint density at radius 2 is 1.86 bits per heavy atom. The summed E-state index contributed by atoms with van der Waals surface area (Å²) in [5, 5.41) is 14.2. The van der Waals surface area contributed by atoms with Gasteiger partial charge in [-0.1, -0.05) is 11.6 Å². The summed E-state index contributed by atoms with van der Waals surface area (Å²) in [6.45, 7) is 0.210. The van der Waals surface area contributed by atoms with Crippen LogP contribution in [0.15, 0.2) is 48.5 Å². The third kappa shape index (κ3) is 3.77. The van der Waals surface area contributed by atoms with Gasteiger partial charge in [0.05, 0.1) is 12.1 Å². The molecule has 0 atom stereocenters. The molecule has 2 heterocycles. The Kier molecular flexibility index (Phi) is 4.86. The van der Waals surface area contributed by atoms with Crippen molar-refractivity contribution in [3.05, 3.63) is 59.2 Å². The van der Waals surface area contributed by atoms with Gasteiger partial charge in [0.2, 0.25) is 6.79 Å². The van der Waals surface area contributed by atoms with Crippen molar-refractivity contribution in [2.45, 2.75) is 0 Å². The lowest BCUT2D eigenvalue weighted by atomic mass is 10.2. The minimum Gasteiger partial charge on any atom is -0.495 e. The van der Waals surface area contributed by atoms with Crippen LogP contribution in [0.25, 0.3) is 0 Å². The van der Waals surface area contributed by atoms with Crippen LogP contribution in [0.5, 0.6) is 17.2 Å². The lowest BCUT2D eigenvalue weighted by molar-refractivity contribution is 0.102. The molecule has 28 heavy (non-hydrogen) atoms. The van der Waals surface area contributed by atoms with Crippen LogP contribution in [0, 0.1) is 0 Å². The Morgan fingerprint density at radius 3 is 2.61 bits per heavy atom. The number of nitrogens with one attached hydrogen (secondary N) is 2. The largest absolute Gasteiger partial charge is 0.495 e. The molecule has 0 saturated heterocycles. The Labute approximate surface area is 165 Å². The molecule has 0 bridgehead atoms. The summed E-state index contributed by atoms with van der Waals surface area (Å²) in [6.07, 6.45) is 0. The maximum Gasteiger partial charge on any atom is 0.276 e. The maximum absolute atomic E-state index is 12.3. The average molecular weight is 399 g/mol. The van der Waals surface area contributed by atoms with Crippen LogP contribution in [0.2, 0.25) is 5.02 Å². The van der Waals surface area contributed by atoms with Crippen molar-refractivity contribution >= 4 is 34.7 Å². The van der Waals surface area contributed by atoms with E-state index in [1.807, 2.05) is 6.07 Å². The molecule has 1 aliphatic heterocycles. The van der Waals surface area contributed by atoms with E-state index >= 15 is 0 Å². The van der Waals surface area contributed by atoms with Crippen molar-refractivity contribution < 1.29 is 19.0 Å². The van der Waals surface area contributed by atoms with Gasteiger partial charge >= 0.3 is 0 Å². The second kappa shape index (κ2) is 7.61. The molecular weight excluding hydrogens is 384 g/mol. The number of carbonyl (C=O) groups excluding carboxylic acids is 1. The zero-order valence-corrected chi connectivity index (χ0v) is 15.5. The quantitative estimate of drug-likeness (QED) is 0.673. The third-order valence-electron chi connectivity index (χ3n) is 3.95. The fraction of sp³-hybridized carbons (Fsp3) is 0.105. The predicted molar refractivity (Wildman–Crippen MR) is 104 cm³/mol. The van der Waals surface area contributed by atoms with Crippen LogP contribution >= 0.6 is 11.6 Å². The van der Waals surface area contributed by atoms with Crippen molar-refractivity contribution in [2.75, 3.05) is 24.5 Å². The molecule has 9 heteroatoms. The zero-order valence-electron chi connectivity index (χ0n) is 14.7. The highest BCUT2D eigenvalue weighted by Crippen LogP contribution is 2.34. The number of hydrogen-bond acceptors (Lipinski definition) is 7. The van der Waals surface area contributed by atoms with E-state index in [1.165, 1.54) is 7.11 Å². The molecule has 1 aliphatic rings. The molecule has 0 fully saturated rings. The van der Waals surface area contributed by atoms with Crippen LogP contribution in [0.1, 0.15) is 10.5 Å². The minimum absolute atomic E-state index is 0.170. The molecule has 0 saturated carbocycles. The van der Waals surface area contributed by atoms with E-state index in [1.54, 1.807) is 42.5 Å². The fourth-order valence-corrected chi connectivity index (χ4v) is 2.84. The number of benzene rings is 2. The van der Waals surface area contributed by atoms with Crippen molar-refractivity contribution in [3.63, 3.8) is 0 Å². The molecule has 0 radical (unpaired) electrons. The lowest BCUT2D eigenvalue weighted by Gasteiger charge is -2.08. The number of aromatic nitrogens is 2. The molecule has 1 aromatic heterocycles. The number of rotatable bonds is 5. The molecule has 142 valence electrons. The van der Waals surface area contributed by atoms with Crippen molar-refractivity contribution in [1.82, 2.24) is 10.2 Å². The van der Waals surface area contributed by atoms with Gasteiger partial charge < -0.3 is 24.8 Å². The first-order valence-electron chi connectivity index (χ1n) is 8.28. The Morgan fingerprint density at radius 1 is 1.04 bits per heavy atom. The summed E-state index contributed by atoms with van der Waals surface area (Å²) in [5.41, 5.74) is 1.46. The summed E-state index contributed by atoms with van der Waals surface area (Å²) in [4.78, 5) is 12.3. The van der Waals surface area contributed by atoms with E-state index in [2.05, 4.69) is 20.8 Å². The summed E-state index contributed by atoms with van der Waals surface area (Å²) in [5.74, 6) is 1.97. The summed E-state index contributed by atoms with van der Waals surface area (Å²) < 4.78 is 15.7. The molecule has 8 nitrogen and oxygen atoms in total. The fourth-order valence-electron chi connectivity index (χ4n) is 2.58. The molecular formula is C19H15ClN4O4. The Hall–Kier alpha value is -3.52. The highest BCUT2D eigenvalue weighted by molar-refractivity contribution is 6.32. The van der Waals surface area contributed by atoms with E-state index in [0.29, 0.717) is 33.8 Å². The first-order chi connectivity index (χ1) is 13.6. The number of halogens is 1. The molecule has 4 rings (SSSR count). The number of amides is 1. The second-order valence-corrected chi connectivity index (χ2v) is 6.21. The smallest absolute Gasteiger partial charge is 0.276 e. The number of hydrogen-bond donors (Lipinski definition) is 2. The van der Waals surface area contributed by atoms with Gasteiger partial charge in [-0.25, -0.2) is 0 Å². The molecule has 1 amide bonds. The van der Waals surface area contributed by atoms with Crippen LogP contribution in [-0.2, 0) is 0 Å². The first-order valence-corrected chi connectivity index (χ1v) is 8.65. The molecule has 0 aliphatic carbocycles. The van der Waals surface area contributed by atoms with E-state index in [9.17, 15) is 4.79 Å². The van der Waals surface area contributed by atoms with Gasteiger partial charge in [0.25, 0.3) is 5.91 Å².